The topological polar surface area (TPSA) is 50.5 Å². The Morgan fingerprint density at radius 2 is 1.88 bits per heavy atom. The van der Waals surface area contributed by atoms with Crippen LogP contribution in [0.3, 0.4) is 0 Å². The second kappa shape index (κ2) is 6.42. The Balaban J connectivity index is 1.91. The van der Waals surface area contributed by atoms with E-state index in [9.17, 15) is 4.79 Å². The van der Waals surface area contributed by atoms with Crippen LogP contribution in [-0.2, 0) is 6.54 Å². The van der Waals surface area contributed by atoms with Gasteiger partial charge in [-0.15, -0.1) is 0 Å². The molecule has 0 aliphatic carbocycles. The molecular weight excluding hydrogens is 348 g/mol. The number of aliphatic imine (C=N–C) groups is 1. The van der Waals surface area contributed by atoms with Crippen molar-refractivity contribution in [1.82, 2.24) is 14.7 Å². The van der Waals surface area contributed by atoms with Gasteiger partial charge in [-0.3, -0.25) is 9.79 Å². The third-order valence-corrected chi connectivity index (χ3v) is 4.53. The molecule has 0 fully saturated rings. The first-order valence-corrected chi connectivity index (χ1v) is 8.63. The number of halogens is 1. The van der Waals surface area contributed by atoms with E-state index in [1.807, 2.05) is 48.5 Å². The maximum absolute atomic E-state index is 12.3. The lowest BCUT2D eigenvalue weighted by Gasteiger charge is -2.12. The van der Waals surface area contributed by atoms with Crippen LogP contribution in [-0.4, -0.2) is 40.4 Å². The van der Waals surface area contributed by atoms with E-state index in [1.165, 1.54) is 4.90 Å². The maximum Gasteiger partial charge on any atom is 0.273 e. The second-order valence-electron chi connectivity index (χ2n) is 6.32. The summed E-state index contributed by atoms with van der Waals surface area (Å²) in [6.45, 7) is 0.435. The molecule has 130 valence electrons. The predicted molar refractivity (Wildman–Crippen MR) is 102 cm³/mol. The number of amides is 1. The van der Waals surface area contributed by atoms with Crippen LogP contribution in [0.4, 0.5) is 0 Å². The summed E-state index contributed by atoms with van der Waals surface area (Å²) in [6, 6.07) is 17.4. The number of hydrogen-bond acceptors (Lipinski definition) is 3. The minimum atomic E-state index is -0.131. The number of rotatable bonds is 2. The molecule has 0 bridgehead atoms. The van der Waals surface area contributed by atoms with E-state index in [2.05, 4.69) is 5.10 Å². The fourth-order valence-electron chi connectivity index (χ4n) is 3.05. The number of aromatic nitrogens is 2. The normalized spacial score (nSPS) is 12.7. The van der Waals surface area contributed by atoms with Gasteiger partial charge in [-0.05, 0) is 24.3 Å². The molecule has 3 aromatic rings. The third kappa shape index (κ3) is 2.80. The van der Waals surface area contributed by atoms with Gasteiger partial charge in [0.2, 0.25) is 0 Å². The first-order valence-electron chi connectivity index (χ1n) is 8.25. The van der Waals surface area contributed by atoms with Gasteiger partial charge < -0.3 is 4.90 Å². The van der Waals surface area contributed by atoms with Gasteiger partial charge in [0, 0.05) is 30.2 Å². The van der Waals surface area contributed by atoms with Gasteiger partial charge >= 0.3 is 0 Å². The summed E-state index contributed by atoms with van der Waals surface area (Å²) >= 11 is 6.26. The van der Waals surface area contributed by atoms with Crippen LogP contribution in [0.1, 0.15) is 27.3 Å². The predicted octanol–water partition coefficient (Wildman–Crippen LogP) is 3.58. The largest absolute Gasteiger partial charge is 0.343 e. The molecule has 6 heteroatoms. The lowest BCUT2D eigenvalue weighted by Crippen LogP contribution is -2.22. The Labute approximate surface area is 156 Å². The van der Waals surface area contributed by atoms with Gasteiger partial charge in [-0.25, -0.2) is 4.68 Å². The number of benzene rings is 2. The number of carbonyl (C=O) groups excluding carboxylic acids is 1. The van der Waals surface area contributed by atoms with E-state index in [0.717, 1.165) is 28.2 Å². The standard InChI is InChI=1S/C20H17ClN4O/c1-24(2)20(26)17-11-15-12-22-19(13-6-4-3-5-7-13)16-10-14(21)8-9-18(16)25(15)23-17/h3-11H,12H2,1-2H3. The van der Waals surface area contributed by atoms with Crippen molar-refractivity contribution in [2.24, 2.45) is 4.99 Å². The van der Waals surface area contributed by atoms with Gasteiger partial charge in [0.25, 0.3) is 5.91 Å². The molecule has 2 aromatic carbocycles. The molecule has 0 atom stereocenters. The maximum atomic E-state index is 12.3. The number of fused-ring (bicyclic) bond motifs is 3. The third-order valence-electron chi connectivity index (χ3n) is 4.30. The number of carbonyl (C=O) groups is 1. The smallest absolute Gasteiger partial charge is 0.273 e. The quantitative estimate of drug-likeness (QED) is 0.698. The molecule has 0 saturated carbocycles. The Hall–Kier alpha value is -2.92. The van der Waals surface area contributed by atoms with Crippen molar-refractivity contribution in [1.29, 1.82) is 0 Å². The van der Waals surface area contributed by atoms with Crippen molar-refractivity contribution >= 4 is 23.2 Å². The molecule has 1 aromatic heterocycles. The van der Waals surface area contributed by atoms with E-state index in [4.69, 9.17) is 16.6 Å². The monoisotopic (exact) mass is 364 g/mol. The zero-order valence-electron chi connectivity index (χ0n) is 14.5. The van der Waals surface area contributed by atoms with Gasteiger partial charge in [0.05, 0.1) is 23.6 Å². The van der Waals surface area contributed by atoms with Crippen molar-refractivity contribution < 1.29 is 4.79 Å². The molecular formula is C20H17ClN4O. The summed E-state index contributed by atoms with van der Waals surface area (Å²) < 4.78 is 1.79. The van der Waals surface area contributed by atoms with E-state index in [1.54, 1.807) is 24.8 Å². The average molecular weight is 365 g/mol. The Morgan fingerprint density at radius 3 is 2.62 bits per heavy atom. The van der Waals surface area contributed by atoms with Gasteiger partial charge in [-0.1, -0.05) is 41.9 Å². The van der Waals surface area contributed by atoms with Crippen LogP contribution in [0.25, 0.3) is 5.69 Å². The molecule has 1 aliphatic rings. The Kier molecular flexibility index (Phi) is 4.09. The minimum absolute atomic E-state index is 0.131. The van der Waals surface area contributed by atoms with Crippen molar-refractivity contribution in [3.8, 4) is 5.69 Å². The zero-order chi connectivity index (χ0) is 18.3. The van der Waals surface area contributed by atoms with Crippen LogP contribution >= 0.6 is 11.6 Å². The average Bonchev–Trinajstić information content (AvgIpc) is 3.00. The highest BCUT2D eigenvalue weighted by Gasteiger charge is 2.23. The summed E-state index contributed by atoms with van der Waals surface area (Å²) in [5.41, 5.74) is 4.92. The van der Waals surface area contributed by atoms with Crippen LogP contribution in [0, 0.1) is 0 Å². The molecule has 1 aliphatic heterocycles. The fraction of sp³-hybridized carbons (Fsp3) is 0.150. The zero-order valence-corrected chi connectivity index (χ0v) is 15.2. The summed E-state index contributed by atoms with van der Waals surface area (Å²) in [6.07, 6.45) is 0. The van der Waals surface area contributed by atoms with Crippen LogP contribution in [0.15, 0.2) is 59.6 Å². The molecule has 0 saturated heterocycles. The fourth-order valence-corrected chi connectivity index (χ4v) is 3.22. The summed E-state index contributed by atoms with van der Waals surface area (Å²) in [4.78, 5) is 18.6. The molecule has 26 heavy (non-hydrogen) atoms. The number of hydrogen-bond donors (Lipinski definition) is 0. The van der Waals surface area contributed by atoms with Crippen molar-refractivity contribution in [2.45, 2.75) is 6.54 Å². The molecule has 1 amide bonds. The molecule has 4 rings (SSSR count). The molecule has 2 heterocycles. The molecule has 0 radical (unpaired) electrons. The Morgan fingerprint density at radius 1 is 1.12 bits per heavy atom. The highest BCUT2D eigenvalue weighted by molar-refractivity contribution is 6.31. The minimum Gasteiger partial charge on any atom is -0.343 e. The first kappa shape index (κ1) is 16.5. The van der Waals surface area contributed by atoms with E-state index in [0.29, 0.717) is 17.3 Å². The Bertz CT molecular complexity index is 1020. The highest BCUT2D eigenvalue weighted by Crippen LogP contribution is 2.28. The first-order chi connectivity index (χ1) is 12.5. The van der Waals surface area contributed by atoms with E-state index >= 15 is 0 Å². The van der Waals surface area contributed by atoms with Crippen molar-refractivity contribution in [3.63, 3.8) is 0 Å². The van der Waals surface area contributed by atoms with Crippen LogP contribution < -0.4 is 0 Å². The summed E-state index contributed by atoms with van der Waals surface area (Å²) in [5, 5.41) is 5.17. The molecule has 0 spiro atoms. The lowest BCUT2D eigenvalue weighted by atomic mass is 10.0. The lowest BCUT2D eigenvalue weighted by molar-refractivity contribution is 0.0821. The molecule has 0 N–H and O–H groups in total. The van der Waals surface area contributed by atoms with Gasteiger partial charge in [0.1, 0.15) is 0 Å². The van der Waals surface area contributed by atoms with E-state index < -0.39 is 0 Å². The van der Waals surface area contributed by atoms with Gasteiger partial charge in [0.15, 0.2) is 5.69 Å². The van der Waals surface area contributed by atoms with Crippen molar-refractivity contribution in [3.05, 3.63) is 82.1 Å². The highest BCUT2D eigenvalue weighted by atomic mass is 35.5. The summed E-state index contributed by atoms with van der Waals surface area (Å²) in [7, 11) is 3.43. The van der Waals surface area contributed by atoms with E-state index in [-0.39, 0.29) is 5.91 Å². The number of nitrogens with zero attached hydrogens (tertiary/aromatic N) is 4. The molecule has 0 unspecified atom stereocenters. The van der Waals surface area contributed by atoms with Gasteiger partial charge in [-0.2, -0.15) is 5.10 Å². The van der Waals surface area contributed by atoms with Crippen molar-refractivity contribution in [2.75, 3.05) is 14.1 Å². The summed E-state index contributed by atoms with van der Waals surface area (Å²) in [5.74, 6) is -0.131. The SMILES string of the molecule is CN(C)C(=O)c1cc2n(n1)-c1ccc(Cl)cc1C(c1ccccc1)=NC2. The van der Waals surface area contributed by atoms with Crippen LogP contribution in [0.2, 0.25) is 5.02 Å². The second-order valence-corrected chi connectivity index (χ2v) is 6.76. The molecule has 5 nitrogen and oxygen atoms in total. The van der Waals surface area contributed by atoms with Crippen LogP contribution in [0.5, 0.6) is 0 Å².